The van der Waals surface area contributed by atoms with Crippen LogP contribution in [0.3, 0.4) is 0 Å². The predicted molar refractivity (Wildman–Crippen MR) is 48.9 cm³/mol. The number of benzene rings is 1. The van der Waals surface area contributed by atoms with Crippen LogP contribution >= 0.6 is 0 Å². The third-order valence-corrected chi connectivity index (χ3v) is 3.67. The first-order valence-electron chi connectivity index (χ1n) is 3.33. The van der Waals surface area contributed by atoms with E-state index < -0.39 is 0 Å². The first-order chi connectivity index (χ1) is 4.72. The van der Waals surface area contributed by atoms with Crippen molar-refractivity contribution in [2.75, 3.05) is 0 Å². The van der Waals surface area contributed by atoms with E-state index in [-0.39, 0.29) is 8.80 Å². The van der Waals surface area contributed by atoms with Gasteiger partial charge in [-0.15, -0.1) is 0 Å². The highest BCUT2D eigenvalue weighted by atomic mass is 28.3. The molecule has 0 aliphatic carbocycles. The molecule has 2 heteroatoms. The third kappa shape index (κ3) is 1.58. The lowest BCUT2D eigenvalue weighted by atomic mass is 10.4. The minimum absolute atomic E-state index is 0.291. The van der Waals surface area contributed by atoms with Crippen LogP contribution in [0.25, 0.3) is 0 Å². The van der Waals surface area contributed by atoms with E-state index >= 15 is 0 Å². The van der Waals surface area contributed by atoms with E-state index in [2.05, 4.69) is 47.6 Å². The Balaban J connectivity index is 3.03. The summed E-state index contributed by atoms with van der Waals surface area (Å²) >= 11 is 0. The molecule has 0 spiro atoms. The van der Waals surface area contributed by atoms with Crippen LogP contribution < -0.4 is 10.4 Å². The molecule has 1 aromatic rings. The van der Waals surface area contributed by atoms with Crippen LogP contribution in [-0.2, 0) is 0 Å². The maximum absolute atomic E-state index is 3.57. The molecule has 0 nitrogen and oxygen atoms in total. The van der Waals surface area contributed by atoms with Crippen molar-refractivity contribution in [1.82, 2.24) is 0 Å². The number of rotatable bonds is 1. The molecule has 0 aliphatic heterocycles. The van der Waals surface area contributed by atoms with E-state index in [1.165, 1.54) is 10.4 Å². The van der Waals surface area contributed by atoms with Gasteiger partial charge in [-0.3, -0.25) is 0 Å². The van der Waals surface area contributed by atoms with E-state index in [0.29, 0.717) is 0 Å². The summed E-state index contributed by atoms with van der Waals surface area (Å²) in [4.78, 5) is 0. The Morgan fingerprint density at radius 3 is 2.20 bits per heavy atom. The lowest BCUT2D eigenvalue weighted by Crippen LogP contribution is -2.36. The van der Waals surface area contributed by atoms with Crippen molar-refractivity contribution < 1.29 is 0 Å². The SMILES string of the molecule is C[Si](C)c1ccccc1[Si]. The molecular weight excluding hydrogens is 152 g/mol. The van der Waals surface area contributed by atoms with Gasteiger partial charge >= 0.3 is 0 Å². The molecule has 50 valence electrons. The van der Waals surface area contributed by atoms with Crippen molar-refractivity contribution in [3.63, 3.8) is 0 Å². The summed E-state index contributed by atoms with van der Waals surface area (Å²) in [5.74, 6) is 0. The molecule has 0 fully saturated rings. The number of hydrogen-bond acceptors (Lipinski definition) is 0. The second kappa shape index (κ2) is 3.17. The zero-order chi connectivity index (χ0) is 7.56. The van der Waals surface area contributed by atoms with E-state index in [0.717, 1.165) is 0 Å². The van der Waals surface area contributed by atoms with Gasteiger partial charge in [0, 0.05) is 0 Å². The summed E-state index contributed by atoms with van der Waals surface area (Å²) in [6.45, 7) is 4.59. The number of hydrogen-bond donors (Lipinski definition) is 0. The van der Waals surface area contributed by atoms with Gasteiger partial charge < -0.3 is 0 Å². The van der Waals surface area contributed by atoms with Gasteiger partial charge in [0.1, 0.15) is 0 Å². The van der Waals surface area contributed by atoms with Crippen LogP contribution in [0.1, 0.15) is 0 Å². The minimum atomic E-state index is -0.291. The van der Waals surface area contributed by atoms with Crippen molar-refractivity contribution in [1.29, 1.82) is 0 Å². The molecule has 0 saturated heterocycles. The standard InChI is InChI=1S/C8H10Si2/c1-10(2)8-6-4-3-5-7(8)9/h3-6H,1-2H3. The highest BCUT2D eigenvalue weighted by molar-refractivity contribution is 6.74. The van der Waals surface area contributed by atoms with Gasteiger partial charge in [0.05, 0.1) is 19.0 Å². The Morgan fingerprint density at radius 2 is 1.80 bits per heavy atom. The van der Waals surface area contributed by atoms with Gasteiger partial charge in [-0.25, -0.2) is 0 Å². The minimum Gasteiger partial charge on any atom is -0.0683 e. The summed E-state index contributed by atoms with van der Waals surface area (Å²) in [5, 5.41) is 2.73. The van der Waals surface area contributed by atoms with Crippen molar-refractivity contribution in [3.8, 4) is 0 Å². The first-order valence-corrected chi connectivity index (χ1v) is 6.33. The van der Waals surface area contributed by atoms with Crippen LogP contribution in [0.4, 0.5) is 0 Å². The largest absolute Gasteiger partial charge is 0.0789 e. The Hall–Kier alpha value is -0.346. The molecular formula is C8H10Si2. The topological polar surface area (TPSA) is 0 Å². The second-order valence-electron chi connectivity index (χ2n) is 2.55. The van der Waals surface area contributed by atoms with Crippen LogP contribution in [0.15, 0.2) is 24.3 Å². The zero-order valence-electron chi connectivity index (χ0n) is 6.31. The van der Waals surface area contributed by atoms with Crippen LogP contribution in [0.5, 0.6) is 0 Å². The summed E-state index contributed by atoms with van der Waals surface area (Å²) in [6.07, 6.45) is 0. The van der Waals surface area contributed by atoms with Crippen molar-refractivity contribution in [3.05, 3.63) is 24.3 Å². The molecule has 0 atom stereocenters. The predicted octanol–water partition coefficient (Wildman–Crippen LogP) is 0.442. The van der Waals surface area contributed by atoms with Crippen molar-refractivity contribution in [2.24, 2.45) is 0 Å². The molecule has 0 unspecified atom stereocenters. The quantitative estimate of drug-likeness (QED) is 0.526. The van der Waals surface area contributed by atoms with Crippen molar-refractivity contribution >= 4 is 29.4 Å². The van der Waals surface area contributed by atoms with Crippen LogP contribution in [-0.4, -0.2) is 19.0 Å². The molecule has 0 amide bonds. The maximum Gasteiger partial charge on any atom is 0.0789 e. The maximum atomic E-state index is 3.57. The highest BCUT2D eigenvalue weighted by Crippen LogP contribution is 1.83. The highest BCUT2D eigenvalue weighted by Gasteiger charge is 2.01. The molecule has 10 heavy (non-hydrogen) atoms. The van der Waals surface area contributed by atoms with Gasteiger partial charge in [0.15, 0.2) is 0 Å². The Morgan fingerprint density at radius 1 is 1.20 bits per heavy atom. The third-order valence-electron chi connectivity index (χ3n) is 1.47. The fourth-order valence-corrected chi connectivity index (χ4v) is 2.90. The Labute approximate surface area is 67.3 Å². The second-order valence-corrected chi connectivity index (χ2v) is 5.62. The molecule has 0 N–H and O–H groups in total. The first kappa shape index (κ1) is 7.76. The molecule has 0 aromatic heterocycles. The summed E-state index contributed by atoms with van der Waals surface area (Å²) in [7, 11) is 3.28. The van der Waals surface area contributed by atoms with E-state index in [1.807, 2.05) is 0 Å². The molecule has 0 heterocycles. The fraction of sp³-hybridized carbons (Fsp3) is 0.250. The van der Waals surface area contributed by atoms with E-state index in [9.17, 15) is 0 Å². The van der Waals surface area contributed by atoms with Gasteiger partial charge in [0.2, 0.25) is 0 Å². The molecule has 4 radical (unpaired) electrons. The van der Waals surface area contributed by atoms with Gasteiger partial charge in [-0.05, 0) is 0 Å². The van der Waals surface area contributed by atoms with Gasteiger partial charge in [-0.2, -0.15) is 0 Å². The summed E-state index contributed by atoms with van der Waals surface area (Å²) in [5.41, 5.74) is 0. The van der Waals surface area contributed by atoms with Crippen LogP contribution in [0, 0.1) is 0 Å². The smallest absolute Gasteiger partial charge is 0.0683 e. The van der Waals surface area contributed by atoms with E-state index in [4.69, 9.17) is 0 Å². The lowest BCUT2D eigenvalue weighted by molar-refractivity contribution is 1.79. The van der Waals surface area contributed by atoms with Gasteiger partial charge in [0.25, 0.3) is 0 Å². The summed E-state index contributed by atoms with van der Waals surface area (Å²) in [6, 6.07) is 8.44. The van der Waals surface area contributed by atoms with E-state index in [1.54, 1.807) is 0 Å². The normalized spacial score (nSPS) is 10.4. The summed E-state index contributed by atoms with van der Waals surface area (Å²) < 4.78 is 0. The van der Waals surface area contributed by atoms with Crippen molar-refractivity contribution in [2.45, 2.75) is 13.1 Å². The van der Waals surface area contributed by atoms with Crippen LogP contribution in [0.2, 0.25) is 13.1 Å². The molecule has 1 aromatic carbocycles. The monoisotopic (exact) mass is 162 g/mol. The van der Waals surface area contributed by atoms with Gasteiger partial charge in [-0.1, -0.05) is 47.7 Å². The Kier molecular flexibility index (Phi) is 2.46. The average Bonchev–Trinajstić information content (AvgIpc) is 1.88. The Bertz CT molecular complexity index is 218. The molecule has 1 rings (SSSR count). The molecule has 0 saturated carbocycles. The lowest BCUT2D eigenvalue weighted by Gasteiger charge is -2.05. The average molecular weight is 162 g/mol. The fourth-order valence-electron chi connectivity index (χ4n) is 0.919. The zero-order valence-corrected chi connectivity index (χ0v) is 8.31. The molecule has 0 bridgehead atoms. The molecule has 0 aliphatic rings.